The van der Waals surface area contributed by atoms with Crippen LogP contribution in [0.15, 0.2) is 0 Å². The molecule has 0 aliphatic carbocycles. The molecule has 0 N–H and O–H groups in total. The van der Waals surface area contributed by atoms with Gasteiger partial charge in [0.1, 0.15) is 0 Å². The molecule has 0 atom stereocenters. The average molecular weight is 196 g/mol. The lowest BCUT2D eigenvalue weighted by molar-refractivity contribution is 0.478. The van der Waals surface area contributed by atoms with Gasteiger partial charge in [0.2, 0.25) is 0 Å². The lowest BCUT2D eigenvalue weighted by Gasteiger charge is -1.97. The van der Waals surface area contributed by atoms with E-state index in [0.29, 0.717) is 0 Å². The normalized spacial score (nSPS) is 10.7. The predicted octanol–water partition coefficient (Wildman–Crippen LogP) is 2.21. The van der Waals surface area contributed by atoms with Crippen molar-refractivity contribution in [2.24, 2.45) is 0 Å². The van der Waals surface area contributed by atoms with Gasteiger partial charge in [-0.15, -0.1) is 10.2 Å². The summed E-state index contributed by atoms with van der Waals surface area (Å²) < 4.78 is 0. The van der Waals surface area contributed by atoms with E-state index in [4.69, 9.17) is 0 Å². The lowest BCUT2D eigenvalue weighted by Crippen LogP contribution is -2.02. The topological polar surface area (TPSA) is 43.6 Å². The molecule has 0 bridgehead atoms. The Morgan fingerprint density at radius 1 is 1.07 bits per heavy atom. The zero-order chi connectivity index (χ0) is 10.2. The highest BCUT2D eigenvalue weighted by molar-refractivity contribution is 4.75. The van der Waals surface area contributed by atoms with E-state index in [1.807, 2.05) is 0 Å². The minimum Gasteiger partial charge on any atom is -0.164 e. The fraction of sp³-hybridized carbons (Fsp3) is 0.900. The number of unbranched alkanes of at least 4 members (excludes halogenated alkanes) is 3. The first-order chi connectivity index (χ1) is 6.86. The van der Waals surface area contributed by atoms with E-state index >= 15 is 0 Å². The van der Waals surface area contributed by atoms with E-state index in [1.54, 1.807) is 4.80 Å². The van der Waals surface area contributed by atoms with Gasteiger partial charge in [0.15, 0.2) is 5.82 Å². The van der Waals surface area contributed by atoms with Crippen LogP contribution in [0, 0.1) is 0 Å². The van der Waals surface area contributed by atoms with Crippen molar-refractivity contribution in [2.75, 3.05) is 0 Å². The molecular formula is C10H20N4. The van der Waals surface area contributed by atoms with Crippen LogP contribution >= 0.6 is 0 Å². The standard InChI is InChI=1S/C10H20N4/c1-3-5-6-7-9-14-12-10(8-4-2)11-13-14/h3-9H2,1-2H3. The lowest BCUT2D eigenvalue weighted by atomic mass is 10.2. The molecule has 0 aliphatic rings. The summed E-state index contributed by atoms with van der Waals surface area (Å²) in [6.45, 7) is 5.26. The highest BCUT2D eigenvalue weighted by Crippen LogP contribution is 2.00. The minimum atomic E-state index is 0.878. The molecule has 1 aromatic rings. The van der Waals surface area contributed by atoms with Crippen molar-refractivity contribution in [2.45, 2.75) is 58.9 Å². The maximum atomic E-state index is 4.29. The number of rotatable bonds is 7. The van der Waals surface area contributed by atoms with Gasteiger partial charge in [-0.1, -0.05) is 33.1 Å². The second-order valence-corrected chi connectivity index (χ2v) is 3.61. The van der Waals surface area contributed by atoms with Crippen LogP contribution in [0.1, 0.15) is 51.8 Å². The molecule has 1 rings (SSSR count). The number of aromatic nitrogens is 4. The van der Waals surface area contributed by atoms with Crippen LogP contribution in [-0.4, -0.2) is 20.2 Å². The second-order valence-electron chi connectivity index (χ2n) is 3.61. The first-order valence-electron chi connectivity index (χ1n) is 5.63. The van der Waals surface area contributed by atoms with Crippen molar-refractivity contribution in [3.63, 3.8) is 0 Å². The molecule has 0 aliphatic heterocycles. The molecule has 0 aromatic carbocycles. The van der Waals surface area contributed by atoms with Crippen molar-refractivity contribution < 1.29 is 0 Å². The van der Waals surface area contributed by atoms with Gasteiger partial charge in [0.25, 0.3) is 0 Å². The molecule has 0 fully saturated rings. The molecule has 0 unspecified atom stereocenters. The second kappa shape index (κ2) is 6.51. The van der Waals surface area contributed by atoms with E-state index in [-0.39, 0.29) is 0 Å². The first kappa shape index (κ1) is 11.1. The van der Waals surface area contributed by atoms with E-state index in [0.717, 1.165) is 31.6 Å². The Labute approximate surface area is 85.7 Å². The Hall–Kier alpha value is -0.930. The van der Waals surface area contributed by atoms with Gasteiger partial charge in [0.05, 0.1) is 6.54 Å². The summed E-state index contributed by atoms with van der Waals surface area (Å²) in [7, 11) is 0. The van der Waals surface area contributed by atoms with Crippen LogP contribution in [0.3, 0.4) is 0 Å². The third-order valence-corrected chi connectivity index (χ3v) is 2.18. The van der Waals surface area contributed by atoms with Crippen molar-refractivity contribution in [1.29, 1.82) is 0 Å². The molecule has 0 spiro atoms. The maximum absolute atomic E-state index is 4.29. The number of nitrogens with zero attached hydrogens (tertiary/aromatic N) is 4. The highest BCUT2D eigenvalue weighted by atomic mass is 15.6. The molecule has 0 saturated heterocycles. The molecule has 14 heavy (non-hydrogen) atoms. The fourth-order valence-electron chi connectivity index (χ4n) is 1.37. The van der Waals surface area contributed by atoms with Crippen molar-refractivity contribution >= 4 is 0 Å². The Bertz CT molecular complexity index is 244. The first-order valence-corrected chi connectivity index (χ1v) is 5.63. The number of hydrogen-bond acceptors (Lipinski definition) is 3. The van der Waals surface area contributed by atoms with Crippen LogP contribution in [0.5, 0.6) is 0 Å². The van der Waals surface area contributed by atoms with E-state index in [2.05, 4.69) is 29.3 Å². The van der Waals surface area contributed by atoms with Gasteiger partial charge in [-0.2, -0.15) is 4.80 Å². The Morgan fingerprint density at radius 2 is 1.93 bits per heavy atom. The van der Waals surface area contributed by atoms with Crippen LogP contribution in [0.25, 0.3) is 0 Å². The van der Waals surface area contributed by atoms with Crippen LogP contribution in [-0.2, 0) is 13.0 Å². The number of tetrazole rings is 1. The van der Waals surface area contributed by atoms with Crippen LogP contribution in [0.4, 0.5) is 0 Å². The smallest absolute Gasteiger partial charge is 0.164 e. The quantitative estimate of drug-likeness (QED) is 0.628. The third kappa shape index (κ3) is 3.85. The summed E-state index contributed by atoms with van der Waals surface area (Å²) in [5.74, 6) is 0.878. The fourth-order valence-corrected chi connectivity index (χ4v) is 1.37. The Balaban J connectivity index is 2.22. The minimum absolute atomic E-state index is 0.878. The summed E-state index contributed by atoms with van der Waals surface area (Å²) in [5, 5.41) is 12.3. The van der Waals surface area contributed by atoms with Crippen molar-refractivity contribution in [3.05, 3.63) is 5.82 Å². The number of aryl methyl sites for hydroxylation is 2. The summed E-state index contributed by atoms with van der Waals surface area (Å²) in [4.78, 5) is 1.72. The van der Waals surface area contributed by atoms with E-state index in [9.17, 15) is 0 Å². The van der Waals surface area contributed by atoms with Gasteiger partial charge >= 0.3 is 0 Å². The summed E-state index contributed by atoms with van der Waals surface area (Å²) >= 11 is 0. The predicted molar refractivity (Wildman–Crippen MR) is 56.0 cm³/mol. The van der Waals surface area contributed by atoms with E-state index < -0.39 is 0 Å². The van der Waals surface area contributed by atoms with Gasteiger partial charge in [-0.05, 0) is 18.1 Å². The molecule has 0 saturated carbocycles. The van der Waals surface area contributed by atoms with Crippen molar-refractivity contribution in [3.8, 4) is 0 Å². The molecule has 0 amide bonds. The van der Waals surface area contributed by atoms with Crippen LogP contribution in [0.2, 0.25) is 0 Å². The Kier molecular flexibility index (Phi) is 5.19. The average Bonchev–Trinajstić information content (AvgIpc) is 2.61. The summed E-state index contributed by atoms with van der Waals surface area (Å²) in [6, 6.07) is 0. The highest BCUT2D eigenvalue weighted by Gasteiger charge is 2.00. The van der Waals surface area contributed by atoms with Gasteiger partial charge in [-0.25, -0.2) is 0 Å². The SMILES string of the molecule is CCCCCCn1nnc(CCC)n1. The number of hydrogen-bond donors (Lipinski definition) is 0. The molecule has 0 radical (unpaired) electrons. The van der Waals surface area contributed by atoms with Gasteiger partial charge in [-0.3, -0.25) is 0 Å². The third-order valence-electron chi connectivity index (χ3n) is 2.18. The molecule has 1 heterocycles. The molecule has 1 aromatic heterocycles. The maximum Gasteiger partial charge on any atom is 0.174 e. The van der Waals surface area contributed by atoms with E-state index in [1.165, 1.54) is 19.3 Å². The molecule has 80 valence electrons. The van der Waals surface area contributed by atoms with Gasteiger partial charge in [0, 0.05) is 6.42 Å². The Morgan fingerprint density at radius 3 is 2.64 bits per heavy atom. The molecular weight excluding hydrogens is 176 g/mol. The zero-order valence-electron chi connectivity index (χ0n) is 9.24. The summed E-state index contributed by atoms with van der Waals surface area (Å²) in [6.07, 6.45) is 7.02. The monoisotopic (exact) mass is 196 g/mol. The molecule has 4 heteroatoms. The van der Waals surface area contributed by atoms with Crippen LogP contribution < -0.4 is 0 Å². The van der Waals surface area contributed by atoms with Crippen molar-refractivity contribution in [1.82, 2.24) is 20.2 Å². The van der Waals surface area contributed by atoms with Gasteiger partial charge < -0.3 is 0 Å². The largest absolute Gasteiger partial charge is 0.174 e. The summed E-state index contributed by atoms with van der Waals surface area (Å²) in [5.41, 5.74) is 0. The molecule has 4 nitrogen and oxygen atoms in total. The zero-order valence-corrected chi connectivity index (χ0v) is 9.24.